The maximum absolute atomic E-state index is 11.6. The van der Waals surface area contributed by atoms with Crippen molar-refractivity contribution in [1.29, 1.82) is 0 Å². The molecule has 1 atom stereocenters. The summed E-state index contributed by atoms with van der Waals surface area (Å²) in [6.45, 7) is 0.740. The Labute approximate surface area is 98.2 Å². The molecule has 1 aromatic heterocycles. The Balaban J connectivity index is 1.89. The lowest BCUT2D eigenvalue weighted by molar-refractivity contribution is -0.118. The van der Waals surface area contributed by atoms with E-state index in [1.165, 1.54) is 12.4 Å². The van der Waals surface area contributed by atoms with Crippen molar-refractivity contribution in [2.24, 2.45) is 0 Å². The van der Waals surface area contributed by atoms with Gasteiger partial charge in [0, 0.05) is 19.0 Å². The molecular weight excluding hydrogens is 230 g/mol. The summed E-state index contributed by atoms with van der Waals surface area (Å²) in [6.07, 6.45) is 5.26. The molecule has 1 aromatic rings. The molecule has 0 aromatic carbocycles. The first-order chi connectivity index (χ1) is 7.75. The third-order valence-electron chi connectivity index (χ3n) is 2.35. The average Bonchev–Trinajstić information content (AvgIpc) is 2.74. The summed E-state index contributed by atoms with van der Waals surface area (Å²) in [5.74, 6) is 0.154. The van der Waals surface area contributed by atoms with E-state index in [9.17, 15) is 4.79 Å². The van der Waals surface area contributed by atoms with Gasteiger partial charge in [0.1, 0.15) is 0 Å². The fraction of sp³-hybridized carbons (Fsp3) is 0.500. The maximum Gasteiger partial charge on any atom is 0.228 e. The zero-order valence-electron chi connectivity index (χ0n) is 8.65. The highest BCUT2D eigenvalue weighted by atomic mass is 35.5. The molecule has 86 valence electrons. The monoisotopic (exact) mass is 241 g/mol. The van der Waals surface area contributed by atoms with E-state index >= 15 is 0 Å². The van der Waals surface area contributed by atoms with E-state index in [1.54, 1.807) is 0 Å². The van der Waals surface area contributed by atoms with Crippen molar-refractivity contribution >= 4 is 23.3 Å². The van der Waals surface area contributed by atoms with Gasteiger partial charge in [0.15, 0.2) is 11.0 Å². The molecule has 1 N–H and O–H groups in total. The van der Waals surface area contributed by atoms with Crippen LogP contribution in [0.2, 0.25) is 5.15 Å². The lowest BCUT2D eigenvalue weighted by Gasteiger charge is -2.09. The second kappa shape index (κ2) is 5.23. The second-order valence-corrected chi connectivity index (χ2v) is 3.94. The highest BCUT2D eigenvalue weighted by molar-refractivity contribution is 6.32. The van der Waals surface area contributed by atoms with Crippen molar-refractivity contribution in [3.63, 3.8) is 0 Å². The Bertz CT molecular complexity index is 380. The van der Waals surface area contributed by atoms with Gasteiger partial charge in [-0.3, -0.25) is 4.79 Å². The Morgan fingerprint density at radius 3 is 3.06 bits per heavy atom. The van der Waals surface area contributed by atoms with Crippen molar-refractivity contribution in [2.45, 2.75) is 25.4 Å². The number of rotatable bonds is 3. The van der Waals surface area contributed by atoms with E-state index in [-0.39, 0.29) is 17.2 Å². The number of hydrogen-bond donors (Lipinski definition) is 1. The highest BCUT2D eigenvalue weighted by Crippen LogP contribution is 2.18. The quantitative estimate of drug-likeness (QED) is 0.874. The topological polar surface area (TPSA) is 64.1 Å². The van der Waals surface area contributed by atoms with Crippen molar-refractivity contribution in [3.8, 4) is 0 Å². The van der Waals surface area contributed by atoms with Crippen LogP contribution in [0.1, 0.15) is 19.3 Å². The van der Waals surface area contributed by atoms with Crippen LogP contribution in [0.3, 0.4) is 0 Å². The van der Waals surface area contributed by atoms with Crippen molar-refractivity contribution < 1.29 is 9.53 Å². The van der Waals surface area contributed by atoms with Crippen LogP contribution in [0.25, 0.3) is 0 Å². The molecule has 0 radical (unpaired) electrons. The predicted octanol–water partition coefficient (Wildman–Crippen LogP) is 1.64. The Morgan fingerprint density at radius 1 is 1.56 bits per heavy atom. The summed E-state index contributed by atoms with van der Waals surface area (Å²) >= 11 is 5.77. The Kier molecular flexibility index (Phi) is 3.69. The molecule has 0 spiro atoms. The van der Waals surface area contributed by atoms with E-state index in [4.69, 9.17) is 16.3 Å². The van der Waals surface area contributed by atoms with E-state index < -0.39 is 0 Å². The van der Waals surface area contributed by atoms with Gasteiger partial charge in [0.2, 0.25) is 5.91 Å². The number of nitrogens with zero attached hydrogens (tertiary/aromatic N) is 2. The summed E-state index contributed by atoms with van der Waals surface area (Å²) in [7, 11) is 0. The zero-order valence-corrected chi connectivity index (χ0v) is 9.41. The number of aromatic nitrogens is 2. The molecule has 0 aliphatic carbocycles. The third kappa shape index (κ3) is 2.90. The minimum absolute atomic E-state index is 0.0236. The van der Waals surface area contributed by atoms with Crippen LogP contribution in [-0.4, -0.2) is 28.6 Å². The van der Waals surface area contributed by atoms with Crippen molar-refractivity contribution in [2.75, 3.05) is 11.9 Å². The smallest absolute Gasteiger partial charge is 0.228 e. The van der Waals surface area contributed by atoms with Gasteiger partial charge in [-0.25, -0.2) is 9.97 Å². The van der Waals surface area contributed by atoms with Crippen LogP contribution in [0.4, 0.5) is 5.82 Å². The van der Waals surface area contributed by atoms with E-state index in [2.05, 4.69) is 15.3 Å². The second-order valence-electron chi connectivity index (χ2n) is 3.58. The maximum atomic E-state index is 11.6. The van der Waals surface area contributed by atoms with Gasteiger partial charge in [-0.15, -0.1) is 0 Å². The van der Waals surface area contributed by atoms with Gasteiger partial charge >= 0.3 is 0 Å². The number of nitrogens with one attached hydrogen (secondary N) is 1. The standard InChI is InChI=1S/C10H12ClN3O2/c11-9-10(13-4-3-12-9)14-8(15)6-7-2-1-5-16-7/h3-4,7H,1-2,5-6H2,(H,13,14,15). The van der Waals surface area contributed by atoms with E-state index in [1.807, 2.05) is 0 Å². The molecule has 0 bridgehead atoms. The van der Waals surface area contributed by atoms with Gasteiger partial charge in [-0.05, 0) is 12.8 Å². The zero-order chi connectivity index (χ0) is 11.4. The minimum atomic E-state index is -0.144. The number of halogens is 1. The first-order valence-electron chi connectivity index (χ1n) is 5.13. The summed E-state index contributed by atoms with van der Waals surface area (Å²) in [6, 6.07) is 0. The molecule has 1 aliphatic rings. The van der Waals surface area contributed by atoms with Gasteiger partial charge < -0.3 is 10.1 Å². The van der Waals surface area contributed by atoms with Gasteiger partial charge in [-0.2, -0.15) is 0 Å². The molecule has 0 saturated carbocycles. The first-order valence-corrected chi connectivity index (χ1v) is 5.51. The highest BCUT2D eigenvalue weighted by Gasteiger charge is 2.19. The molecule has 2 heterocycles. The molecular formula is C10H12ClN3O2. The first kappa shape index (κ1) is 11.3. The normalized spacial score (nSPS) is 19.7. The molecule has 1 aliphatic heterocycles. The Hall–Kier alpha value is -1.20. The summed E-state index contributed by atoms with van der Waals surface area (Å²) < 4.78 is 5.36. The minimum Gasteiger partial charge on any atom is -0.378 e. The van der Waals surface area contributed by atoms with Crippen LogP contribution in [0.5, 0.6) is 0 Å². The van der Waals surface area contributed by atoms with Crippen molar-refractivity contribution in [3.05, 3.63) is 17.5 Å². The van der Waals surface area contributed by atoms with E-state index in [0.29, 0.717) is 12.2 Å². The summed E-state index contributed by atoms with van der Waals surface area (Å²) in [5, 5.41) is 2.81. The molecule has 1 unspecified atom stereocenters. The van der Waals surface area contributed by atoms with Crippen LogP contribution < -0.4 is 5.32 Å². The number of amides is 1. The molecule has 1 saturated heterocycles. The lowest BCUT2D eigenvalue weighted by Crippen LogP contribution is -2.20. The van der Waals surface area contributed by atoms with Crippen LogP contribution >= 0.6 is 11.6 Å². The van der Waals surface area contributed by atoms with Gasteiger partial charge in [0.25, 0.3) is 0 Å². The molecule has 2 rings (SSSR count). The SMILES string of the molecule is O=C(CC1CCCO1)Nc1nccnc1Cl. The number of ether oxygens (including phenoxy) is 1. The van der Waals surface area contributed by atoms with Gasteiger partial charge in [0.05, 0.1) is 12.5 Å². The number of carbonyl (C=O) groups is 1. The molecule has 6 heteroatoms. The molecule has 16 heavy (non-hydrogen) atoms. The van der Waals surface area contributed by atoms with Crippen LogP contribution in [0, 0.1) is 0 Å². The third-order valence-corrected chi connectivity index (χ3v) is 2.63. The Morgan fingerprint density at radius 2 is 2.38 bits per heavy atom. The van der Waals surface area contributed by atoms with Crippen LogP contribution in [0.15, 0.2) is 12.4 Å². The van der Waals surface area contributed by atoms with Gasteiger partial charge in [-0.1, -0.05) is 11.6 Å². The molecule has 1 amide bonds. The lowest BCUT2D eigenvalue weighted by atomic mass is 10.2. The summed E-state index contributed by atoms with van der Waals surface area (Å²) in [4.78, 5) is 19.3. The number of carbonyl (C=O) groups excluding carboxylic acids is 1. The molecule has 5 nitrogen and oxygen atoms in total. The largest absolute Gasteiger partial charge is 0.378 e. The molecule has 1 fully saturated rings. The van der Waals surface area contributed by atoms with Crippen molar-refractivity contribution in [1.82, 2.24) is 9.97 Å². The summed E-state index contributed by atoms with van der Waals surface area (Å²) in [5.41, 5.74) is 0. The van der Waals surface area contributed by atoms with Crippen LogP contribution in [-0.2, 0) is 9.53 Å². The average molecular weight is 242 g/mol. The van der Waals surface area contributed by atoms with E-state index in [0.717, 1.165) is 19.4 Å². The fourth-order valence-corrected chi connectivity index (χ4v) is 1.75. The predicted molar refractivity (Wildman–Crippen MR) is 59.3 cm³/mol. The number of hydrogen-bond acceptors (Lipinski definition) is 4. The fourth-order valence-electron chi connectivity index (χ4n) is 1.60. The number of anilines is 1.